The highest BCUT2D eigenvalue weighted by molar-refractivity contribution is 5.80. The summed E-state index contributed by atoms with van der Waals surface area (Å²) in [5.74, 6) is -0.372. The minimum Gasteiger partial charge on any atom is -0.460 e. The highest BCUT2D eigenvalue weighted by Gasteiger charge is 2.39. The molecule has 0 amide bonds. The van der Waals surface area contributed by atoms with E-state index < -0.39 is 11.1 Å². The smallest absolute Gasteiger partial charge is 0.312 e. The first kappa shape index (κ1) is 12.9. The Bertz CT molecular complexity index is 311. The molecule has 90 valence electrons. The molecule has 0 spiro atoms. The minimum atomic E-state index is -0.438. The third-order valence-corrected chi connectivity index (χ3v) is 2.68. The fourth-order valence-electron chi connectivity index (χ4n) is 1.88. The van der Waals surface area contributed by atoms with Crippen LogP contribution in [-0.2, 0) is 9.53 Å². The molecular formula is C13H21NO2. The summed E-state index contributed by atoms with van der Waals surface area (Å²) < 4.78 is 5.42. The lowest BCUT2D eigenvalue weighted by Crippen LogP contribution is -2.39. The van der Waals surface area contributed by atoms with Crippen LogP contribution in [0.15, 0.2) is 17.1 Å². The Morgan fingerprint density at radius 3 is 2.50 bits per heavy atom. The van der Waals surface area contributed by atoms with Crippen LogP contribution >= 0.6 is 0 Å². The Kier molecular flexibility index (Phi) is 3.56. The fraction of sp³-hybridized carbons (Fsp3) is 0.692. The average molecular weight is 223 g/mol. The summed E-state index contributed by atoms with van der Waals surface area (Å²) in [5.41, 5.74) is -0.871. The maximum absolute atomic E-state index is 12.1. The van der Waals surface area contributed by atoms with E-state index in [4.69, 9.17) is 4.74 Å². The standard InChI is InChI=1S/C13H21NO2/c1-6-10(11(15)16-12(2,3)4)13(5)8-7-9-14-13/h7-10H,6H2,1-5H3. The molecule has 1 aliphatic rings. The van der Waals surface area contributed by atoms with Crippen molar-refractivity contribution in [2.75, 3.05) is 0 Å². The van der Waals surface area contributed by atoms with E-state index in [0.29, 0.717) is 0 Å². The Balaban J connectivity index is 2.79. The van der Waals surface area contributed by atoms with Gasteiger partial charge < -0.3 is 4.74 Å². The molecule has 0 fully saturated rings. The van der Waals surface area contributed by atoms with E-state index in [-0.39, 0.29) is 11.9 Å². The summed E-state index contributed by atoms with van der Waals surface area (Å²) in [5, 5.41) is 0. The van der Waals surface area contributed by atoms with Gasteiger partial charge in [-0.25, -0.2) is 0 Å². The van der Waals surface area contributed by atoms with Crippen molar-refractivity contribution in [2.45, 2.75) is 52.2 Å². The predicted octanol–water partition coefficient (Wildman–Crippen LogP) is 2.75. The third-order valence-electron chi connectivity index (χ3n) is 2.68. The van der Waals surface area contributed by atoms with Crippen molar-refractivity contribution in [2.24, 2.45) is 10.9 Å². The van der Waals surface area contributed by atoms with E-state index in [1.165, 1.54) is 0 Å². The van der Waals surface area contributed by atoms with Crippen molar-refractivity contribution in [1.82, 2.24) is 0 Å². The number of carbonyl (C=O) groups excluding carboxylic acids is 1. The van der Waals surface area contributed by atoms with Crippen molar-refractivity contribution < 1.29 is 9.53 Å². The van der Waals surface area contributed by atoms with Crippen LogP contribution in [-0.4, -0.2) is 23.3 Å². The highest BCUT2D eigenvalue weighted by Crippen LogP contribution is 2.31. The molecule has 2 unspecified atom stereocenters. The van der Waals surface area contributed by atoms with Gasteiger partial charge >= 0.3 is 5.97 Å². The summed E-state index contributed by atoms with van der Waals surface area (Å²) in [7, 11) is 0. The Morgan fingerprint density at radius 2 is 2.12 bits per heavy atom. The van der Waals surface area contributed by atoms with Crippen LogP contribution in [0, 0.1) is 5.92 Å². The lowest BCUT2D eigenvalue weighted by molar-refractivity contribution is -0.161. The van der Waals surface area contributed by atoms with Gasteiger partial charge in [0.1, 0.15) is 5.60 Å². The van der Waals surface area contributed by atoms with E-state index >= 15 is 0 Å². The van der Waals surface area contributed by atoms with Gasteiger partial charge in [0.2, 0.25) is 0 Å². The topological polar surface area (TPSA) is 38.7 Å². The maximum atomic E-state index is 12.1. The molecule has 16 heavy (non-hydrogen) atoms. The molecule has 0 N–H and O–H groups in total. The normalized spacial score (nSPS) is 25.8. The van der Waals surface area contributed by atoms with Gasteiger partial charge in [-0.3, -0.25) is 9.79 Å². The average Bonchev–Trinajstić information content (AvgIpc) is 2.50. The van der Waals surface area contributed by atoms with E-state index in [1.54, 1.807) is 6.21 Å². The molecule has 0 aliphatic carbocycles. The predicted molar refractivity (Wildman–Crippen MR) is 65.7 cm³/mol. The van der Waals surface area contributed by atoms with Crippen molar-refractivity contribution in [3.8, 4) is 0 Å². The van der Waals surface area contributed by atoms with Crippen LogP contribution in [0.1, 0.15) is 41.0 Å². The number of aliphatic imine (C=N–C) groups is 1. The molecule has 3 nitrogen and oxygen atoms in total. The van der Waals surface area contributed by atoms with Crippen LogP contribution < -0.4 is 0 Å². The number of ether oxygens (including phenoxy) is 1. The van der Waals surface area contributed by atoms with Gasteiger partial charge in [0.05, 0.1) is 11.5 Å². The lowest BCUT2D eigenvalue weighted by Gasteiger charge is -2.30. The van der Waals surface area contributed by atoms with Crippen LogP contribution in [0.2, 0.25) is 0 Å². The van der Waals surface area contributed by atoms with Crippen molar-refractivity contribution in [3.63, 3.8) is 0 Å². The van der Waals surface area contributed by atoms with Gasteiger partial charge in [-0.15, -0.1) is 0 Å². The lowest BCUT2D eigenvalue weighted by atomic mass is 9.84. The van der Waals surface area contributed by atoms with Crippen molar-refractivity contribution in [3.05, 3.63) is 12.2 Å². The molecule has 0 aromatic rings. The molecule has 1 heterocycles. The SMILES string of the molecule is CCC(C(=O)OC(C)(C)C)C1(C)C=CC=N1. The second-order valence-electron chi connectivity index (χ2n) is 5.36. The quantitative estimate of drug-likeness (QED) is 0.690. The van der Waals surface area contributed by atoms with Gasteiger partial charge in [-0.05, 0) is 40.2 Å². The van der Waals surface area contributed by atoms with E-state index in [1.807, 2.05) is 46.8 Å². The molecule has 1 rings (SSSR count). The van der Waals surface area contributed by atoms with Crippen molar-refractivity contribution >= 4 is 12.2 Å². The summed E-state index contributed by atoms with van der Waals surface area (Å²) in [6.07, 6.45) is 6.32. The van der Waals surface area contributed by atoms with Crippen LogP contribution in [0.25, 0.3) is 0 Å². The molecule has 0 aromatic carbocycles. The van der Waals surface area contributed by atoms with Gasteiger partial charge in [-0.1, -0.05) is 13.0 Å². The zero-order valence-electron chi connectivity index (χ0n) is 10.8. The molecule has 2 atom stereocenters. The largest absolute Gasteiger partial charge is 0.460 e. The third kappa shape index (κ3) is 2.94. The molecule has 0 bridgehead atoms. The fourth-order valence-corrected chi connectivity index (χ4v) is 1.88. The molecule has 0 radical (unpaired) electrons. The summed E-state index contributed by atoms with van der Waals surface area (Å²) >= 11 is 0. The Morgan fingerprint density at radius 1 is 1.50 bits per heavy atom. The molecule has 0 saturated carbocycles. The number of carbonyl (C=O) groups is 1. The number of rotatable bonds is 3. The van der Waals surface area contributed by atoms with Gasteiger partial charge in [-0.2, -0.15) is 0 Å². The molecular weight excluding hydrogens is 202 g/mol. The van der Waals surface area contributed by atoms with Crippen LogP contribution in [0.3, 0.4) is 0 Å². The minimum absolute atomic E-state index is 0.166. The second kappa shape index (κ2) is 4.40. The van der Waals surface area contributed by atoms with E-state index in [0.717, 1.165) is 6.42 Å². The van der Waals surface area contributed by atoms with Gasteiger partial charge in [0, 0.05) is 6.21 Å². The maximum Gasteiger partial charge on any atom is 0.312 e. The van der Waals surface area contributed by atoms with Gasteiger partial charge in [0.25, 0.3) is 0 Å². The first-order valence-corrected chi connectivity index (χ1v) is 5.74. The number of hydrogen-bond acceptors (Lipinski definition) is 3. The van der Waals surface area contributed by atoms with Crippen LogP contribution in [0.5, 0.6) is 0 Å². The first-order chi connectivity index (χ1) is 7.28. The molecule has 0 saturated heterocycles. The zero-order valence-corrected chi connectivity index (χ0v) is 10.8. The zero-order chi connectivity index (χ0) is 12.4. The highest BCUT2D eigenvalue weighted by atomic mass is 16.6. The second-order valence-corrected chi connectivity index (χ2v) is 5.36. The Hall–Kier alpha value is -1.12. The monoisotopic (exact) mass is 223 g/mol. The molecule has 3 heteroatoms. The van der Waals surface area contributed by atoms with E-state index in [9.17, 15) is 4.79 Å². The van der Waals surface area contributed by atoms with Gasteiger partial charge in [0.15, 0.2) is 0 Å². The summed E-state index contributed by atoms with van der Waals surface area (Å²) in [6.45, 7) is 9.60. The summed E-state index contributed by atoms with van der Waals surface area (Å²) in [6, 6.07) is 0. The van der Waals surface area contributed by atoms with Crippen molar-refractivity contribution in [1.29, 1.82) is 0 Å². The number of hydrogen-bond donors (Lipinski definition) is 0. The van der Waals surface area contributed by atoms with E-state index in [2.05, 4.69) is 4.99 Å². The number of allylic oxidation sites excluding steroid dienone is 1. The molecule has 1 aliphatic heterocycles. The molecule has 0 aromatic heterocycles. The Labute approximate surface area is 97.6 Å². The van der Waals surface area contributed by atoms with Crippen LogP contribution in [0.4, 0.5) is 0 Å². The first-order valence-electron chi connectivity index (χ1n) is 5.74. The number of esters is 1. The number of nitrogens with zero attached hydrogens (tertiary/aromatic N) is 1. The summed E-state index contributed by atoms with van der Waals surface area (Å²) in [4.78, 5) is 16.4.